The third kappa shape index (κ3) is 0.689. The van der Waals surface area contributed by atoms with Gasteiger partial charge in [-0.15, -0.1) is 0 Å². The van der Waals surface area contributed by atoms with Gasteiger partial charge in [-0.3, -0.25) is 0 Å². The maximum Gasteiger partial charge on any atom is 0.174 e. The number of hydrogen-bond donors (Lipinski definition) is 1. The molecule has 2 rings (SSSR count). The van der Waals surface area contributed by atoms with Crippen molar-refractivity contribution in [3.05, 3.63) is 0 Å². The van der Waals surface area contributed by atoms with E-state index in [4.69, 9.17) is 9.47 Å². The van der Waals surface area contributed by atoms with Crippen molar-refractivity contribution in [2.45, 2.75) is 31.4 Å². The van der Waals surface area contributed by atoms with E-state index in [0.717, 1.165) is 0 Å². The molecule has 0 radical (unpaired) electrons. The zero-order valence-corrected chi connectivity index (χ0v) is 5.63. The smallest absolute Gasteiger partial charge is 0.174 e. The molecule has 2 saturated heterocycles. The molecule has 3 nitrogen and oxygen atoms in total. The van der Waals surface area contributed by atoms with Crippen molar-refractivity contribution in [1.29, 1.82) is 0 Å². The molecular formula is C6H11NO2. The van der Waals surface area contributed by atoms with Crippen LogP contribution in [-0.4, -0.2) is 31.6 Å². The monoisotopic (exact) mass is 129 g/mol. The fraction of sp³-hybridized carbons (Fsp3) is 1.00. The molecule has 2 aliphatic rings. The minimum Gasteiger partial charge on any atom is -0.354 e. The van der Waals surface area contributed by atoms with Gasteiger partial charge in [-0.2, -0.15) is 0 Å². The number of morpholine rings is 1. The first-order valence-electron chi connectivity index (χ1n) is 3.27. The molecule has 0 saturated carbocycles. The van der Waals surface area contributed by atoms with Gasteiger partial charge in [-0.1, -0.05) is 0 Å². The van der Waals surface area contributed by atoms with Gasteiger partial charge in [0, 0.05) is 7.11 Å². The van der Waals surface area contributed by atoms with Gasteiger partial charge in [0.05, 0.1) is 18.2 Å². The Morgan fingerprint density at radius 1 is 1.44 bits per heavy atom. The minimum absolute atomic E-state index is 0.00463. The van der Waals surface area contributed by atoms with Crippen LogP contribution in [0.2, 0.25) is 0 Å². The number of ether oxygens (including phenoxy) is 2. The molecule has 0 aromatic heterocycles. The molecule has 1 N–H and O–H groups in total. The standard InChI is InChI=1S/C6H11NO2/c1-3-4-5(7-4)6(8-2)9-3/h3-7H,1-2H3/t3-,4+,5+,6-/m1/s1. The number of rotatable bonds is 1. The number of hydrogen-bond acceptors (Lipinski definition) is 3. The summed E-state index contributed by atoms with van der Waals surface area (Å²) in [6.07, 6.45) is 0.338. The summed E-state index contributed by atoms with van der Waals surface area (Å²) in [7, 11) is 1.68. The van der Waals surface area contributed by atoms with Gasteiger partial charge in [-0.25, -0.2) is 0 Å². The van der Waals surface area contributed by atoms with Crippen LogP contribution in [-0.2, 0) is 9.47 Å². The Hall–Kier alpha value is -0.120. The fourth-order valence-electron chi connectivity index (χ4n) is 1.43. The first-order chi connectivity index (χ1) is 4.33. The number of nitrogens with one attached hydrogen (secondary N) is 1. The third-order valence-corrected chi connectivity index (χ3v) is 2.04. The first kappa shape index (κ1) is 5.65. The Morgan fingerprint density at radius 3 is 2.44 bits per heavy atom. The molecule has 4 atom stereocenters. The summed E-state index contributed by atoms with van der Waals surface area (Å²) in [6, 6.07) is 1.04. The van der Waals surface area contributed by atoms with Crippen molar-refractivity contribution in [2.24, 2.45) is 0 Å². The molecule has 0 amide bonds. The van der Waals surface area contributed by atoms with Crippen molar-refractivity contribution in [1.82, 2.24) is 5.32 Å². The molecule has 0 spiro atoms. The summed E-state index contributed by atoms with van der Waals surface area (Å²) in [5, 5.41) is 3.27. The number of fused-ring (bicyclic) bond motifs is 1. The zero-order chi connectivity index (χ0) is 6.43. The Labute approximate surface area is 54.3 Å². The molecule has 0 aliphatic carbocycles. The van der Waals surface area contributed by atoms with E-state index < -0.39 is 0 Å². The van der Waals surface area contributed by atoms with Crippen LogP contribution >= 0.6 is 0 Å². The van der Waals surface area contributed by atoms with Crippen molar-refractivity contribution in [3.8, 4) is 0 Å². The lowest BCUT2D eigenvalue weighted by Gasteiger charge is -2.12. The lowest BCUT2D eigenvalue weighted by atomic mass is 10.3. The Balaban J connectivity index is 2.00. The summed E-state index contributed by atoms with van der Waals surface area (Å²) in [5.41, 5.74) is 0. The van der Waals surface area contributed by atoms with E-state index in [9.17, 15) is 0 Å². The molecule has 2 heterocycles. The largest absolute Gasteiger partial charge is 0.354 e. The van der Waals surface area contributed by atoms with Gasteiger partial charge in [-0.05, 0) is 6.92 Å². The molecule has 0 bridgehead atoms. The summed E-state index contributed by atoms with van der Waals surface area (Å²) in [6.45, 7) is 2.07. The molecule has 3 heteroatoms. The Bertz CT molecular complexity index is 128. The molecule has 52 valence electrons. The second-order valence-electron chi connectivity index (χ2n) is 2.66. The lowest BCUT2D eigenvalue weighted by Crippen LogP contribution is -2.23. The highest BCUT2D eigenvalue weighted by molar-refractivity contribution is 5.08. The second-order valence-corrected chi connectivity index (χ2v) is 2.66. The van der Waals surface area contributed by atoms with Crippen LogP contribution in [0, 0.1) is 0 Å². The average Bonchev–Trinajstić information content (AvgIpc) is 2.56. The highest BCUT2D eigenvalue weighted by Gasteiger charge is 2.54. The summed E-state index contributed by atoms with van der Waals surface area (Å²) in [4.78, 5) is 0. The Kier molecular flexibility index (Phi) is 1.06. The minimum atomic E-state index is 0.00463. The van der Waals surface area contributed by atoms with Gasteiger partial charge in [0.15, 0.2) is 6.29 Å². The van der Waals surface area contributed by atoms with Crippen molar-refractivity contribution >= 4 is 0 Å². The van der Waals surface area contributed by atoms with Gasteiger partial charge in [0.25, 0.3) is 0 Å². The summed E-state index contributed by atoms with van der Waals surface area (Å²) in [5.74, 6) is 0. The molecule has 0 aromatic rings. The topological polar surface area (TPSA) is 40.4 Å². The SMILES string of the molecule is CO[C@@H]1O[C@H](C)[C@@H]2N[C@H]12. The van der Waals surface area contributed by atoms with E-state index >= 15 is 0 Å². The van der Waals surface area contributed by atoms with Gasteiger partial charge < -0.3 is 14.8 Å². The maximum atomic E-state index is 5.39. The predicted octanol–water partition coefficient (Wildman–Crippen LogP) is -0.282. The molecule has 2 aliphatic heterocycles. The van der Waals surface area contributed by atoms with Crippen LogP contribution in [0.15, 0.2) is 0 Å². The van der Waals surface area contributed by atoms with Gasteiger partial charge in [0.2, 0.25) is 0 Å². The number of methoxy groups -OCH3 is 1. The van der Waals surface area contributed by atoms with Crippen molar-refractivity contribution in [2.75, 3.05) is 7.11 Å². The molecule has 2 fully saturated rings. The quantitative estimate of drug-likeness (QED) is 0.495. The molecule has 9 heavy (non-hydrogen) atoms. The first-order valence-corrected chi connectivity index (χ1v) is 3.27. The van der Waals surface area contributed by atoms with Crippen LogP contribution < -0.4 is 5.32 Å². The molecule has 0 aromatic carbocycles. The summed E-state index contributed by atoms with van der Waals surface area (Å²) >= 11 is 0. The highest BCUT2D eigenvalue weighted by atomic mass is 16.7. The maximum absolute atomic E-state index is 5.39. The summed E-state index contributed by atoms with van der Waals surface area (Å²) < 4.78 is 10.4. The van der Waals surface area contributed by atoms with Crippen molar-refractivity contribution in [3.63, 3.8) is 0 Å². The zero-order valence-electron chi connectivity index (χ0n) is 5.63. The van der Waals surface area contributed by atoms with Crippen LogP contribution in [0.5, 0.6) is 0 Å². The van der Waals surface area contributed by atoms with E-state index in [-0.39, 0.29) is 6.29 Å². The van der Waals surface area contributed by atoms with Gasteiger partial charge in [0.1, 0.15) is 0 Å². The highest BCUT2D eigenvalue weighted by Crippen LogP contribution is 2.31. The van der Waals surface area contributed by atoms with Crippen LogP contribution in [0.4, 0.5) is 0 Å². The van der Waals surface area contributed by atoms with Crippen LogP contribution in [0.3, 0.4) is 0 Å². The Morgan fingerprint density at radius 2 is 2.22 bits per heavy atom. The van der Waals surface area contributed by atoms with E-state index in [0.29, 0.717) is 18.2 Å². The fourth-order valence-corrected chi connectivity index (χ4v) is 1.43. The van der Waals surface area contributed by atoms with E-state index in [1.165, 1.54) is 0 Å². The third-order valence-electron chi connectivity index (χ3n) is 2.04. The van der Waals surface area contributed by atoms with E-state index in [2.05, 4.69) is 12.2 Å². The van der Waals surface area contributed by atoms with Crippen LogP contribution in [0.1, 0.15) is 6.92 Å². The predicted molar refractivity (Wildman–Crippen MR) is 32.1 cm³/mol. The van der Waals surface area contributed by atoms with E-state index in [1.807, 2.05) is 0 Å². The second kappa shape index (κ2) is 1.68. The average molecular weight is 129 g/mol. The van der Waals surface area contributed by atoms with Crippen molar-refractivity contribution < 1.29 is 9.47 Å². The molecular weight excluding hydrogens is 118 g/mol. The van der Waals surface area contributed by atoms with Crippen LogP contribution in [0.25, 0.3) is 0 Å². The van der Waals surface area contributed by atoms with Gasteiger partial charge >= 0.3 is 0 Å². The normalized spacial score (nSPS) is 55.3. The molecule has 0 unspecified atom stereocenters. The lowest BCUT2D eigenvalue weighted by molar-refractivity contribution is -0.124. The van der Waals surface area contributed by atoms with E-state index in [1.54, 1.807) is 7.11 Å².